The number of piperidine rings is 1. The van der Waals surface area contributed by atoms with Gasteiger partial charge in [0.25, 0.3) is 5.91 Å². The average molecular weight is 330 g/mol. The molecule has 0 aromatic carbocycles. The summed E-state index contributed by atoms with van der Waals surface area (Å²) in [6.07, 6.45) is 6.28. The number of carbonyl (C=O) groups is 3. The average Bonchev–Trinajstić information content (AvgIpc) is 3.44. The Labute approximate surface area is 140 Å². The molecule has 3 amide bonds. The van der Waals surface area contributed by atoms with Crippen LogP contribution in [-0.4, -0.2) is 53.3 Å². The number of amides is 3. The maximum Gasteiger partial charge on any atom is 0.252 e. The molecule has 2 fully saturated rings. The van der Waals surface area contributed by atoms with Gasteiger partial charge in [-0.25, -0.2) is 0 Å². The first-order valence-electron chi connectivity index (χ1n) is 8.40. The largest absolute Gasteiger partial charge is 0.354 e. The highest BCUT2D eigenvalue weighted by Gasteiger charge is 2.38. The van der Waals surface area contributed by atoms with Gasteiger partial charge in [0.15, 0.2) is 0 Å². The third-order valence-electron chi connectivity index (χ3n) is 4.44. The van der Waals surface area contributed by atoms with Crippen LogP contribution in [0.25, 0.3) is 0 Å². The molecule has 1 saturated heterocycles. The van der Waals surface area contributed by atoms with Crippen LogP contribution in [-0.2, 0) is 9.59 Å². The van der Waals surface area contributed by atoms with Crippen molar-refractivity contribution in [2.45, 2.75) is 31.7 Å². The Morgan fingerprint density at radius 2 is 2.00 bits per heavy atom. The molecule has 2 aliphatic rings. The van der Waals surface area contributed by atoms with Crippen molar-refractivity contribution in [1.82, 2.24) is 20.5 Å². The monoisotopic (exact) mass is 330 g/mol. The van der Waals surface area contributed by atoms with Crippen LogP contribution in [0.3, 0.4) is 0 Å². The van der Waals surface area contributed by atoms with E-state index in [1.54, 1.807) is 18.3 Å². The minimum atomic E-state index is -0.208. The minimum Gasteiger partial charge on any atom is -0.354 e. The van der Waals surface area contributed by atoms with Crippen LogP contribution in [0, 0.1) is 5.92 Å². The highest BCUT2D eigenvalue weighted by atomic mass is 16.2. The number of nitrogens with zero attached hydrogens (tertiary/aromatic N) is 2. The number of hydrogen-bond donors (Lipinski definition) is 2. The van der Waals surface area contributed by atoms with E-state index in [1.807, 2.05) is 4.90 Å². The molecule has 1 aromatic rings. The van der Waals surface area contributed by atoms with Crippen molar-refractivity contribution in [2.75, 3.05) is 19.6 Å². The number of aromatic nitrogens is 1. The molecule has 0 bridgehead atoms. The highest BCUT2D eigenvalue weighted by Crippen LogP contribution is 2.31. The summed E-state index contributed by atoms with van der Waals surface area (Å²) in [6, 6.07) is 3.74. The van der Waals surface area contributed by atoms with E-state index < -0.39 is 0 Å². The first kappa shape index (κ1) is 16.4. The van der Waals surface area contributed by atoms with Gasteiger partial charge in [-0.1, -0.05) is 0 Å². The lowest BCUT2D eigenvalue weighted by molar-refractivity contribution is -0.138. The third-order valence-corrected chi connectivity index (χ3v) is 4.44. The Morgan fingerprint density at radius 3 is 2.71 bits per heavy atom. The van der Waals surface area contributed by atoms with Crippen molar-refractivity contribution in [1.29, 1.82) is 0 Å². The fourth-order valence-corrected chi connectivity index (χ4v) is 2.93. The molecule has 1 aliphatic heterocycles. The molecule has 7 nitrogen and oxygen atoms in total. The smallest absolute Gasteiger partial charge is 0.252 e. The number of likely N-dealkylation sites (tertiary alicyclic amines) is 1. The number of pyridine rings is 1. The maximum atomic E-state index is 12.2. The zero-order valence-electron chi connectivity index (χ0n) is 13.5. The Bertz CT molecular complexity index is 616. The molecule has 0 radical (unpaired) electrons. The summed E-state index contributed by atoms with van der Waals surface area (Å²) in [4.78, 5) is 41.7. The Balaban J connectivity index is 1.38. The maximum absolute atomic E-state index is 12.2. The van der Waals surface area contributed by atoms with Crippen molar-refractivity contribution < 1.29 is 14.4 Å². The van der Waals surface area contributed by atoms with Gasteiger partial charge < -0.3 is 15.5 Å². The zero-order valence-corrected chi connectivity index (χ0v) is 13.5. The molecule has 1 aliphatic carbocycles. The predicted molar refractivity (Wildman–Crippen MR) is 87.0 cm³/mol. The van der Waals surface area contributed by atoms with Gasteiger partial charge in [0.1, 0.15) is 0 Å². The van der Waals surface area contributed by atoms with Gasteiger partial charge in [-0.3, -0.25) is 19.4 Å². The van der Waals surface area contributed by atoms with Gasteiger partial charge >= 0.3 is 0 Å². The molecule has 3 rings (SSSR count). The summed E-state index contributed by atoms with van der Waals surface area (Å²) < 4.78 is 0. The van der Waals surface area contributed by atoms with E-state index in [-0.39, 0.29) is 23.6 Å². The van der Waals surface area contributed by atoms with Crippen LogP contribution >= 0.6 is 0 Å². The summed E-state index contributed by atoms with van der Waals surface area (Å²) >= 11 is 0. The molecular formula is C17H22N4O3. The van der Waals surface area contributed by atoms with E-state index in [0.29, 0.717) is 44.1 Å². The lowest BCUT2D eigenvalue weighted by Crippen LogP contribution is -2.47. The number of nitrogens with one attached hydrogen (secondary N) is 2. The second-order valence-corrected chi connectivity index (χ2v) is 6.30. The van der Waals surface area contributed by atoms with E-state index in [4.69, 9.17) is 0 Å². The molecule has 0 unspecified atom stereocenters. The van der Waals surface area contributed by atoms with Crippen LogP contribution in [0.5, 0.6) is 0 Å². The van der Waals surface area contributed by atoms with Crippen molar-refractivity contribution in [2.24, 2.45) is 5.92 Å². The fraction of sp³-hybridized carbons (Fsp3) is 0.529. The van der Waals surface area contributed by atoms with Gasteiger partial charge in [0, 0.05) is 44.5 Å². The van der Waals surface area contributed by atoms with E-state index in [0.717, 1.165) is 12.8 Å². The van der Waals surface area contributed by atoms with Gasteiger partial charge in [-0.2, -0.15) is 0 Å². The summed E-state index contributed by atoms with van der Waals surface area (Å²) in [7, 11) is 0. The van der Waals surface area contributed by atoms with Crippen molar-refractivity contribution in [3.8, 4) is 0 Å². The summed E-state index contributed by atoms with van der Waals surface area (Å²) in [5.74, 6) is -0.216. The summed E-state index contributed by atoms with van der Waals surface area (Å²) in [5.41, 5.74) is 0.495. The molecule has 2 N–H and O–H groups in total. The molecular weight excluding hydrogens is 308 g/mol. The Hall–Kier alpha value is -2.44. The van der Waals surface area contributed by atoms with Gasteiger partial charge in [0.05, 0.1) is 11.5 Å². The quantitative estimate of drug-likeness (QED) is 0.735. The molecule has 1 atom stereocenters. The lowest BCUT2D eigenvalue weighted by Gasteiger charge is -2.32. The normalized spacial score (nSPS) is 20.6. The van der Waals surface area contributed by atoms with E-state index in [2.05, 4.69) is 15.6 Å². The second kappa shape index (κ2) is 7.42. The van der Waals surface area contributed by atoms with Gasteiger partial charge in [-0.05, 0) is 31.4 Å². The Morgan fingerprint density at radius 1 is 1.21 bits per heavy atom. The molecule has 2 heterocycles. The molecule has 128 valence electrons. The first-order valence-corrected chi connectivity index (χ1v) is 8.40. The molecule has 7 heteroatoms. The molecule has 24 heavy (non-hydrogen) atoms. The van der Waals surface area contributed by atoms with E-state index >= 15 is 0 Å². The standard InChI is InChI=1S/C17H22N4O3/c22-15-6-3-13(11-21(15)14-4-5-14)17(24)20-9-8-19-16(23)12-2-1-7-18-10-12/h1-2,7,10,13-14H,3-6,8-9,11H2,(H,19,23)(H,20,24)/t13-/m0/s1. The lowest BCUT2D eigenvalue weighted by atomic mass is 9.96. The Kier molecular flexibility index (Phi) is 5.08. The predicted octanol–water partition coefficient (Wildman–Crippen LogP) is 0.329. The molecule has 0 spiro atoms. The van der Waals surface area contributed by atoms with Crippen molar-refractivity contribution >= 4 is 17.7 Å². The number of carbonyl (C=O) groups excluding carboxylic acids is 3. The van der Waals surface area contributed by atoms with E-state index in [1.165, 1.54) is 6.20 Å². The summed E-state index contributed by atoms with van der Waals surface area (Å²) in [5, 5.41) is 5.59. The topological polar surface area (TPSA) is 91.4 Å². The van der Waals surface area contributed by atoms with Crippen LogP contribution in [0.15, 0.2) is 24.5 Å². The van der Waals surface area contributed by atoms with Gasteiger partial charge in [-0.15, -0.1) is 0 Å². The summed E-state index contributed by atoms with van der Waals surface area (Å²) in [6.45, 7) is 1.26. The highest BCUT2D eigenvalue weighted by molar-refractivity contribution is 5.93. The van der Waals surface area contributed by atoms with Crippen LogP contribution < -0.4 is 10.6 Å². The van der Waals surface area contributed by atoms with Crippen molar-refractivity contribution in [3.63, 3.8) is 0 Å². The first-order chi connectivity index (χ1) is 11.6. The second-order valence-electron chi connectivity index (χ2n) is 6.30. The zero-order chi connectivity index (χ0) is 16.9. The minimum absolute atomic E-state index is 0.0382. The molecule has 1 aromatic heterocycles. The molecule has 1 saturated carbocycles. The van der Waals surface area contributed by atoms with Crippen LogP contribution in [0.4, 0.5) is 0 Å². The number of hydrogen-bond acceptors (Lipinski definition) is 4. The SMILES string of the molecule is O=C(NCCNC(=O)[C@H]1CCC(=O)N(C2CC2)C1)c1cccnc1. The van der Waals surface area contributed by atoms with Crippen LogP contribution in [0.1, 0.15) is 36.0 Å². The van der Waals surface area contributed by atoms with Gasteiger partial charge in [0.2, 0.25) is 11.8 Å². The fourth-order valence-electron chi connectivity index (χ4n) is 2.93. The number of rotatable bonds is 6. The van der Waals surface area contributed by atoms with Crippen LogP contribution in [0.2, 0.25) is 0 Å². The van der Waals surface area contributed by atoms with Crippen molar-refractivity contribution in [3.05, 3.63) is 30.1 Å². The third kappa shape index (κ3) is 4.10. The van der Waals surface area contributed by atoms with E-state index in [9.17, 15) is 14.4 Å².